The van der Waals surface area contributed by atoms with Crippen LogP contribution in [0.2, 0.25) is 5.02 Å². The van der Waals surface area contributed by atoms with Crippen molar-refractivity contribution in [1.82, 2.24) is 15.1 Å². The average molecular weight is 667 g/mol. The first-order valence-electron chi connectivity index (χ1n) is 14.1. The van der Waals surface area contributed by atoms with E-state index in [0.717, 1.165) is 16.0 Å². The normalized spacial score (nSPS) is 19.6. The number of likely N-dealkylation sites (tertiary alicyclic amines) is 1. The molecule has 5 rings (SSSR count). The van der Waals surface area contributed by atoms with E-state index >= 15 is 0 Å². The van der Waals surface area contributed by atoms with Crippen LogP contribution in [-0.4, -0.2) is 65.3 Å². The standard InChI is InChI=1S/C32H31ClF3N3O5.ClH/c1-31(2)29(41)39(30(42)44-31)19-28(40)38-15-14-26(25(18-38)21-6-4-3-5-7-21)37-17-23-16-22(20-8-11-24(33)12-9-20)10-13-27(23)43-32(34,35)36;/h3-13,16,25-26,37H,14-15,17-19H2,1-2H3;1H/t25-,26-;/m0./s1. The van der Waals surface area contributed by atoms with Gasteiger partial charge in [-0.15, -0.1) is 25.6 Å². The number of hydrogen-bond acceptors (Lipinski definition) is 6. The molecule has 3 aromatic carbocycles. The molecule has 45 heavy (non-hydrogen) atoms. The Balaban J connectivity index is 0.00000461. The summed E-state index contributed by atoms with van der Waals surface area (Å²) in [6.07, 6.45) is -5.25. The fourth-order valence-corrected chi connectivity index (χ4v) is 5.69. The van der Waals surface area contributed by atoms with Crippen LogP contribution in [0.1, 0.15) is 37.3 Å². The van der Waals surface area contributed by atoms with Crippen LogP contribution < -0.4 is 10.1 Å². The van der Waals surface area contributed by atoms with Gasteiger partial charge < -0.3 is 19.7 Å². The Morgan fingerprint density at radius 2 is 1.71 bits per heavy atom. The number of piperidine rings is 1. The van der Waals surface area contributed by atoms with Crippen LogP contribution in [0.4, 0.5) is 18.0 Å². The van der Waals surface area contributed by atoms with E-state index in [1.807, 2.05) is 30.3 Å². The van der Waals surface area contributed by atoms with Crippen LogP contribution in [0.3, 0.4) is 0 Å². The lowest BCUT2D eigenvalue weighted by molar-refractivity contribution is -0.274. The molecule has 1 N–H and O–H groups in total. The zero-order chi connectivity index (χ0) is 31.6. The number of imide groups is 1. The molecule has 2 saturated heterocycles. The zero-order valence-electron chi connectivity index (χ0n) is 24.5. The second kappa shape index (κ2) is 13.7. The van der Waals surface area contributed by atoms with E-state index in [0.29, 0.717) is 29.1 Å². The number of amides is 3. The number of cyclic esters (lactones) is 1. The number of benzene rings is 3. The van der Waals surface area contributed by atoms with Gasteiger partial charge in [0.05, 0.1) is 0 Å². The Hall–Kier alpha value is -3.80. The summed E-state index contributed by atoms with van der Waals surface area (Å²) < 4.78 is 49.3. The Kier molecular flexibility index (Phi) is 10.4. The average Bonchev–Trinajstić information content (AvgIpc) is 3.17. The summed E-state index contributed by atoms with van der Waals surface area (Å²) in [5, 5.41) is 3.95. The Labute approximate surface area is 269 Å². The first-order valence-corrected chi connectivity index (χ1v) is 14.4. The van der Waals surface area contributed by atoms with Crippen molar-refractivity contribution >= 4 is 41.9 Å². The Bertz CT molecular complexity index is 1540. The SMILES string of the molecule is CC1(C)OC(=O)N(CC(=O)N2CC[C@H](NCc3cc(-c4ccc(Cl)cc4)ccc3OC(F)(F)F)[C@H](c3ccccc3)C2)C1=O.Cl. The predicted octanol–water partition coefficient (Wildman–Crippen LogP) is 6.56. The van der Waals surface area contributed by atoms with Gasteiger partial charge in [0.2, 0.25) is 5.91 Å². The zero-order valence-corrected chi connectivity index (χ0v) is 26.0. The first-order chi connectivity index (χ1) is 20.8. The van der Waals surface area contributed by atoms with Gasteiger partial charge in [-0.05, 0) is 61.2 Å². The molecule has 0 aliphatic carbocycles. The van der Waals surface area contributed by atoms with Gasteiger partial charge in [-0.3, -0.25) is 9.59 Å². The number of ether oxygens (including phenoxy) is 2. The van der Waals surface area contributed by atoms with Crippen molar-refractivity contribution in [3.63, 3.8) is 0 Å². The molecule has 0 unspecified atom stereocenters. The molecule has 8 nitrogen and oxygen atoms in total. The molecular weight excluding hydrogens is 634 g/mol. The number of nitrogens with one attached hydrogen (secondary N) is 1. The summed E-state index contributed by atoms with van der Waals surface area (Å²) in [5.41, 5.74) is 1.40. The second-order valence-electron chi connectivity index (χ2n) is 11.3. The van der Waals surface area contributed by atoms with Gasteiger partial charge in [-0.2, -0.15) is 0 Å². The minimum absolute atomic E-state index is 0. The molecule has 0 spiro atoms. The highest BCUT2D eigenvalue weighted by Crippen LogP contribution is 2.33. The minimum Gasteiger partial charge on any atom is -0.433 e. The van der Waals surface area contributed by atoms with Crippen molar-refractivity contribution in [3.05, 3.63) is 88.9 Å². The quantitative estimate of drug-likeness (QED) is 0.293. The number of hydrogen-bond donors (Lipinski definition) is 1. The number of halogens is 5. The number of carbonyl (C=O) groups excluding carboxylic acids is 3. The van der Waals surface area contributed by atoms with Crippen LogP contribution in [0.5, 0.6) is 5.75 Å². The molecule has 240 valence electrons. The topological polar surface area (TPSA) is 88.2 Å². The highest BCUT2D eigenvalue weighted by Gasteiger charge is 2.48. The molecule has 2 aliphatic heterocycles. The molecule has 0 radical (unpaired) electrons. The lowest BCUT2D eigenvalue weighted by Gasteiger charge is -2.40. The molecule has 3 amide bonds. The molecule has 2 fully saturated rings. The van der Waals surface area contributed by atoms with Crippen molar-refractivity contribution in [2.45, 2.75) is 50.7 Å². The third-order valence-electron chi connectivity index (χ3n) is 7.83. The third-order valence-corrected chi connectivity index (χ3v) is 8.08. The second-order valence-corrected chi connectivity index (χ2v) is 11.7. The van der Waals surface area contributed by atoms with E-state index in [2.05, 4.69) is 10.1 Å². The Morgan fingerprint density at radius 1 is 1.04 bits per heavy atom. The number of alkyl halides is 3. The molecule has 0 bridgehead atoms. The summed E-state index contributed by atoms with van der Waals surface area (Å²) in [5.74, 6) is -1.51. The maximum atomic E-state index is 13.3. The van der Waals surface area contributed by atoms with Crippen molar-refractivity contribution in [2.24, 2.45) is 0 Å². The maximum Gasteiger partial charge on any atom is 0.573 e. The van der Waals surface area contributed by atoms with Crippen LogP contribution >= 0.6 is 24.0 Å². The lowest BCUT2D eigenvalue weighted by atomic mass is 9.85. The summed E-state index contributed by atoms with van der Waals surface area (Å²) in [7, 11) is 0. The highest BCUT2D eigenvalue weighted by atomic mass is 35.5. The van der Waals surface area contributed by atoms with Crippen molar-refractivity contribution in [2.75, 3.05) is 19.6 Å². The van der Waals surface area contributed by atoms with Crippen molar-refractivity contribution in [3.8, 4) is 16.9 Å². The van der Waals surface area contributed by atoms with Crippen LogP contribution in [0, 0.1) is 0 Å². The van der Waals surface area contributed by atoms with Gasteiger partial charge in [0.15, 0.2) is 5.60 Å². The van der Waals surface area contributed by atoms with E-state index in [-0.39, 0.29) is 43.2 Å². The van der Waals surface area contributed by atoms with E-state index in [4.69, 9.17) is 16.3 Å². The predicted molar refractivity (Wildman–Crippen MR) is 164 cm³/mol. The molecule has 13 heteroatoms. The molecule has 0 aromatic heterocycles. The minimum atomic E-state index is -4.87. The van der Waals surface area contributed by atoms with Gasteiger partial charge in [0.1, 0.15) is 12.3 Å². The monoisotopic (exact) mass is 665 g/mol. The smallest absolute Gasteiger partial charge is 0.433 e. The number of carbonyl (C=O) groups is 3. The fourth-order valence-electron chi connectivity index (χ4n) is 5.56. The van der Waals surface area contributed by atoms with Crippen LogP contribution in [0.25, 0.3) is 11.1 Å². The van der Waals surface area contributed by atoms with Crippen molar-refractivity contribution < 1.29 is 37.0 Å². The summed E-state index contributed by atoms with van der Waals surface area (Å²) in [4.78, 5) is 40.5. The first kappa shape index (κ1) is 34.1. The van der Waals surface area contributed by atoms with Gasteiger partial charge in [-0.25, -0.2) is 9.69 Å². The number of nitrogens with zero attached hydrogens (tertiary/aromatic N) is 2. The van der Waals surface area contributed by atoms with E-state index in [1.165, 1.54) is 19.9 Å². The van der Waals surface area contributed by atoms with Crippen LogP contribution in [-0.2, 0) is 20.9 Å². The highest BCUT2D eigenvalue weighted by molar-refractivity contribution is 6.30. The van der Waals surface area contributed by atoms with E-state index in [9.17, 15) is 27.6 Å². The molecular formula is C32H32Cl2F3N3O5. The van der Waals surface area contributed by atoms with E-state index in [1.54, 1.807) is 41.3 Å². The summed E-state index contributed by atoms with van der Waals surface area (Å²) in [6.45, 7) is 3.16. The number of rotatable bonds is 8. The van der Waals surface area contributed by atoms with Gasteiger partial charge in [0.25, 0.3) is 5.91 Å². The van der Waals surface area contributed by atoms with Crippen LogP contribution in [0.15, 0.2) is 72.8 Å². The largest absolute Gasteiger partial charge is 0.573 e. The fraction of sp³-hybridized carbons (Fsp3) is 0.344. The van der Waals surface area contributed by atoms with Gasteiger partial charge in [-0.1, -0.05) is 60.1 Å². The summed E-state index contributed by atoms with van der Waals surface area (Å²) >= 11 is 6.01. The molecule has 0 saturated carbocycles. The third kappa shape index (κ3) is 8.08. The summed E-state index contributed by atoms with van der Waals surface area (Å²) in [6, 6.07) is 20.8. The molecule has 3 aromatic rings. The lowest BCUT2D eigenvalue weighted by Crippen LogP contribution is -2.52. The maximum absolute atomic E-state index is 13.3. The van der Waals surface area contributed by atoms with Gasteiger partial charge >= 0.3 is 12.5 Å². The molecule has 2 heterocycles. The van der Waals surface area contributed by atoms with Crippen molar-refractivity contribution in [1.29, 1.82) is 0 Å². The van der Waals surface area contributed by atoms with E-state index < -0.39 is 36.4 Å². The van der Waals surface area contributed by atoms with Gasteiger partial charge in [0, 0.05) is 42.2 Å². The Morgan fingerprint density at radius 3 is 2.33 bits per heavy atom. The molecule has 2 aliphatic rings. The molecule has 2 atom stereocenters.